The Bertz CT molecular complexity index is 448. The first-order valence-corrected chi connectivity index (χ1v) is 6.77. The topological polar surface area (TPSA) is 40.5 Å². The number of likely N-dealkylation sites (tertiary alicyclic amines) is 1. The first-order chi connectivity index (χ1) is 8.59. The largest absolute Gasteiger partial charge is 0.480 e. The highest BCUT2D eigenvalue weighted by atomic mass is 35.5. The van der Waals surface area contributed by atoms with E-state index in [1.807, 2.05) is 4.90 Å². The molecule has 0 radical (unpaired) electrons. The van der Waals surface area contributed by atoms with Crippen molar-refractivity contribution in [1.82, 2.24) is 4.90 Å². The van der Waals surface area contributed by atoms with E-state index in [2.05, 4.69) is 0 Å². The number of carboxylic acids is 1. The van der Waals surface area contributed by atoms with Gasteiger partial charge in [0.25, 0.3) is 0 Å². The fourth-order valence-electron chi connectivity index (χ4n) is 2.37. The fraction of sp³-hybridized carbons (Fsp3) is 0.462. The number of rotatable bonds is 3. The predicted molar refractivity (Wildman–Crippen MR) is 79.5 cm³/mol. The molecule has 106 valence electrons. The Kier molecular flexibility index (Phi) is 6.40. The summed E-state index contributed by atoms with van der Waals surface area (Å²) in [6.45, 7) is 1.63. The average Bonchev–Trinajstić information content (AvgIpc) is 2.35. The third-order valence-corrected chi connectivity index (χ3v) is 3.99. The van der Waals surface area contributed by atoms with E-state index in [0.29, 0.717) is 15.6 Å². The zero-order valence-corrected chi connectivity index (χ0v) is 12.6. The fourth-order valence-corrected chi connectivity index (χ4v) is 2.68. The number of hydrogen-bond donors (Lipinski definition) is 1. The van der Waals surface area contributed by atoms with Crippen molar-refractivity contribution in [2.24, 2.45) is 0 Å². The van der Waals surface area contributed by atoms with Gasteiger partial charge in [-0.2, -0.15) is 0 Å². The molecule has 3 nitrogen and oxygen atoms in total. The van der Waals surface area contributed by atoms with Crippen molar-refractivity contribution in [3.05, 3.63) is 33.8 Å². The Morgan fingerprint density at radius 3 is 2.32 bits per heavy atom. The van der Waals surface area contributed by atoms with Gasteiger partial charge in [-0.05, 0) is 43.6 Å². The zero-order valence-electron chi connectivity index (χ0n) is 10.3. The second kappa shape index (κ2) is 7.34. The van der Waals surface area contributed by atoms with Gasteiger partial charge in [0, 0.05) is 0 Å². The van der Waals surface area contributed by atoms with Crippen LogP contribution in [0.4, 0.5) is 0 Å². The van der Waals surface area contributed by atoms with Crippen molar-refractivity contribution >= 4 is 41.6 Å². The predicted octanol–water partition coefficient (Wildman–Crippen LogP) is 4.03. The molecule has 2 rings (SSSR count). The highest BCUT2D eigenvalue weighted by molar-refractivity contribution is 6.42. The lowest BCUT2D eigenvalue weighted by molar-refractivity contribution is -0.144. The minimum atomic E-state index is -0.838. The molecule has 1 atom stereocenters. The Labute approximate surface area is 128 Å². The monoisotopic (exact) mass is 323 g/mol. The molecule has 0 aliphatic carbocycles. The third-order valence-electron chi connectivity index (χ3n) is 3.25. The molecule has 19 heavy (non-hydrogen) atoms. The van der Waals surface area contributed by atoms with E-state index in [0.717, 1.165) is 25.9 Å². The molecule has 1 N–H and O–H groups in total. The van der Waals surface area contributed by atoms with Gasteiger partial charge >= 0.3 is 5.97 Å². The van der Waals surface area contributed by atoms with E-state index < -0.39 is 12.0 Å². The summed E-state index contributed by atoms with van der Waals surface area (Å²) in [5.41, 5.74) is 0.693. The van der Waals surface area contributed by atoms with Gasteiger partial charge < -0.3 is 5.11 Å². The number of benzene rings is 1. The van der Waals surface area contributed by atoms with E-state index in [4.69, 9.17) is 23.2 Å². The Balaban J connectivity index is 0.00000180. The summed E-state index contributed by atoms with van der Waals surface area (Å²) in [6, 6.07) is 4.41. The van der Waals surface area contributed by atoms with Crippen molar-refractivity contribution in [2.75, 3.05) is 13.1 Å². The SMILES string of the molecule is Cl.O=C(O)C(c1ccc(Cl)c(Cl)c1)N1CCCCC1. The van der Waals surface area contributed by atoms with Crippen LogP contribution in [0.15, 0.2) is 18.2 Å². The van der Waals surface area contributed by atoms with Crippen molar-refractivity contribution < 1.29 is 9.90 Å². The molecule has 0 saturated carbocycles. The molecule has 1 aliphatic heterocycles. The van der Waals surface area contributed by atoms with Gasteiger partial charge in [-0.15, -0.1) is 12.4 Å². The molecular formula is C13H16Cl3NO2. The van der Waals surface area contributed by atoms with E-state index in [1.54, 1.807) is 18.2 Å². The highest BCUT2D eigenvalue weighted by Crippen LogP contribution is 2.30. The quantitative estimate of drug-likeness (QED) is 0.912. The maximum atomic E-state index is 11.5. The second-order valence-electron chi connectivity index (χ2n) is 4.51. The second-order valence-corrected chi connectivity index (χ2v) is 5.33. The van der Waals surface area contributed by atoms with Gasteiger partial charge in [0.05, 0.1) is 10.0 Å². The van der Waals surface area contributed by atoms with Gasteiger partial charge in [0.2, 0.25) is 0 Å². The average molecular weight is 325 g/mol. The molecule has 1 heterocycles. The first-order valence-electron chi connectivity index (χ1n) is 6.01. The van der Waals surface area contributed by atoms with Crippen LogP contribution < -0.4 is 0 Å². The summed E-state index contributed by atoms with van der Waals surface area (Å²) in [7, 11) is 0. The van der Waals surface area contributed by atoms with Crippen LogP contribution in [-0.4, -0.2) is 29.1 Å². The van der Waals surface area contributed by atoms with Gasteiger partial charge in [-0.1, -0.05) is 35.7 Å². The van der Waals surface area contributed by atoms with Crippen molar-refractivity contribution in [1.29, 1.82) is 0 Å². The molecule has 0 spiro atoms. The number of hydrogen-bond acceptors (Lipinski definition) is 2. The van der Waals surface area contributed by atoms with Crippen LogP contribution in [0.25, 0.3) is 0 Å². The number of aliphatic carboxylic acids is 1. The zero-order chi connectivity index (χ0) is 13.1. The maximum absolute atomic E-state index is 11.5. The van der Waals surface area contributed by atoms with E-state index >= 15 is 0 Å². The molecule has 6 heteroatoms. The lowest BCUT2D eigenvalue weighted by Crippen LogP contribution is -2.37. The third kappa shape index (κ3) is 3.99. The van der Waals surface area contributed by atoms with Gasteiger partial charge in [-0.3, -0.25) is 9.69 Å². The standard InChI is InChI=1S/C13H15Cl2NO2.ClH/c14-10-5-4-9(8-11(10)15)12(13(17)18)16-6-2-1-3-7-16;/h4-5,8,12H,1-3,6-7H2,(H,17,18);1H. The summed E-state index contributed by atoms with van der Waals surface area (Å²) in [4.78, 5) is 13.5. The van der Waals surface area contributed by atoms with Crippen LogP contribution in [0.3, 0.4) is 0 Å². The maximum Gasteiger partial charge on any atom is 0.325 e. The molecule has 1 fully saturated rings. The van der Waals surface area contributed by atoms with E-state index in [1.165, 1.54) is 6.42 Å². The minimum Gasteiger partial charge on any atom is -0.480 e. The molecule has 1 unspecified atom stereocenters. The summed E-state index contributed by atoms with van der Waals surface area (Å²) in [5.74, 6) is -0.838. The molecule has 0 amide bonds. The number of carboxylic acid groups (broad SMARTS) is 1. The number of carbonyl (C=O) groups is 1. The van der Waals surface area contributed by atoms with Crippen molar-refractivity contribution in [3.8, 4) is 0 Å². The van der Waals surface area contributed by atoms with Crippen LogP contribution >= 0.6 is 35.6 Å². The van der Waals surface area contributed by atoms with Crippen LogP contribution in [-0.2, 0) is 4.79 Å². The normalized spacial score (nSPS) is 17.6. The molecular weight excluding hydrogens is 309 g/mol. The van der Waals surface area contributed by atoms with Crippen LogP contribution in [0.5, 0.6) is 0 Å². The van der Waals surface area contributed by atoms with E-state index in [9.17, 15) is 9.90 Å². The molecule has 1 aromatic rings. The summed E-state index contributed by atoms with van der Waals surface area (Å²) in [5, 5.41) is 10.3. The highest BCUT2D eigenvalue weighted by Gasteiger charge is 2.28. The lowest BCUT2D eigenvalue weighted by Gasteiger charge is -2.32. The van der Waals surface area contributed by atoms with Gasteiger partial charge in [-0.25, -0.2) is 0 Å². The van der Waals surface area contributed by atoms with Crippen LogP contribution in [0, 0.1) is 0 Å². The Morgan fingerprint density at radius 2 is 1.79 bits per heavy atom. The Hall–Kier alpha value is -0.480. The summed E-state index contributed by atoms with van der Waals surface area (Å²) < 4.78 is 0. The molecule has 1 saturated heterocycles. The molecule has 0 bridgehead atoms. The number of piperidine rings is 1. The summed E-state index contributed by atoms with van der Waals surface area (Å²) in [6.07, 6.45) is 3.26. The van der Waals surface area contributed by atoms with E-state index in [-0.39, 0.29) is 12.4 Å². The Morgan fingerprint density at radius 1 is 1.16 bits per heavy atom. The minimum absolute atomic E-state index is 0. The molecule has 1 aliphatic rings. The van der Waals surface area contributed by atoms with Crippen LogP contribution in [0.1, 0.15) is 30.9 Å². The summed E-state index contributed by atoms with van der Waals surface area (Å²) >= 11 is 11.8. The van der Waals surface area contributed by atoms with Gasteiger partial charge in [0.1, 0.15) is 6.04 Å². The molecule has 0 aromatic heterocycles. The lowest BCUT2D eigenvalue weighted by atomic mass is 10.0. The van der Waals surface area contributed by atoms with Crippen molar-refractivity contribution in [3.63, 3.8) is 0 Å². The molecule has 1 aromatic carbocycles. The number of nitrogens with zero attached hydrogens (tertiary/aromatic N) is 1. The smallest absolute Gasteiger partial charge is 0.325 e. The van der Waals surface area contributed by atoms with Crippen LogP contribution in [0.2, 0.25) is 10.0 Å². The number of halogens is 3. The van der Waals surface area contributed by atoms with Gasteiger partial charge in [0.15, 0.2) is 0 Å². The van der Waals surface area contributed by atoms with Crippen molar-refractivity contribution in [2.45, 2.75) is 25.3 Å². The first kappa shape index (κ1) is 16.6.